The first-order valence-corrected chi connectivity index (χ1v) is 7.94. The smallest absolute Gasteiger partial charge is 0.328 e. The molecule has 0 fully saturated rings. The molecule has 2 rings (SSSR count). The van der Waals surface area contributed by atoms with Gasteiger partial charge >= 0.3 is 12.0 Å². The minimum Gasteiger partial charge on any atom is -0.481 e. The first-order chi connectivity index (χ1) is 11.5. The zero-order valence-corrected chi connectivity index (χ0v) is 14.0. The van der Waals surface area contributed by atoms with E-state index in [1.54, 1.807) is 16.8 Å². The molecule has 0 bridgehead atoms. The molecule has 0 saturated carbocycles. The number of nitrogens with zero attached hydrogens (tertiary/aromatic N) is 2. The number of carboxylic acid groups (broad SMARTS) is 1. The molecule has 24 heavy (non-hydrogen) atoms. The molecule has 0 aliphatic heterocycles. The number of carbonyl (C=O) groups is 2. The molecular weight excluding hydrogens is 304 g/mol. The number of hydrogen-bond donors (Lipinski definition) is 1. The van der Waals surface area contributed by atoms with Crippen molar-refractivity contribution in [3.63, 3.8) is 0 Å². The first-order valence-electron chi connectivity index (χ1n) is 7.94. The van der Waals surface area contributed by atoms with Gasteiger partial charge in [0.25, 0.3) is 0 Å². The third-order valence-corrected chi connectivity index (χ3v) is 3.83. The van der Waals surface area contributed by atoms with Gasteiger partial charge in [0.1, 0.15) is 0 Å². The summed E-state index contributed by atoms with van der Waals surface area (Å²) in [6.45, 7) is 2.49. The Hall–Kier alpha value is -2.82. The van der Waals surface area contributed by atoms with Crippen LogP contribution in [0.15, 0.2) is 54.6 Å². The third kappa shape index (κ3) is 4.35. The predicted molar refractivity (Wildman–Crippen MR) is 95.7 cm³/mol. The summed E-state index contributed by atoms with van der Waals surface area (Å²) < 4.78 is 0. The topological polar surface area (TPSA) is 60.9 Å². The first kappa shape index (κ1) is 17.5. The van der Waals surface area contributed by atoms with Gasteiger partial charge in [0, 0.05) is 31.4 Å². The SMILES string of the molecule is CCN(C(=O)N(C)c1cccc(CCC(=O)O)c1)c1ccccc1. The second-order valence-corrected chi connectivity index (χ2v) is 5.49. The molecule has 0 aliphatic carbocycles. The quantitative estimate of drug-likeness (QED) is 0.878. The summed E-state index contributed by atoms with van der Waals surface area (Å²) in [5.41, 5.74) is 2.49. The van der Waals surface area contributed by atoms with Gasteiger partial charge in [0.05, 0.1) is 0 Å². The number of anilines is 2. The van der Waals surface area contributed by atoms with Gasteiger partial charge in [-0.25, -0.2) is 4.79 Å². The van der Waals surface area contributed by atoms with Crippen molar-refractivity contribution in [1.29, 1.82) is 0 Å². The van der Waals surface area contributed by atoms with Gasteiger partial charge < -0.3 is 5.11 Å². The molecule has 2 amide bonds. The summed E-state index contributed by atoms with van der Waals surface area (Å²) in [4.78, 5) is 26.8. The van der Waals surface area contributed by atoms with Gasteiger partial charge in [-0.2, -0.15) is 0 Å². The summed E-state index contributed by atoms with van der Waals surface area (Å²) in [5.74, 6) is -0.828. The normalized spacial score (nSPS) is 10.2. The monoisotopic (exact) mass is 326 g/mol. The van der Waals surface area contributed by atoms with Gasteiger partial charge in [-0.15, -0.1) is 0 Å². The number of rotatable bonds is 6. The summed E-state index contributed by atoms with van der Waals surface area (Å²) in [7, 11) is 1.73. The maximum atomic E-state index is 12.8. The highest BCUT2D eigenvalue weighted by atomic mass is 16.4. The Morgan fingerprint density at radius 3 is 2.29 bits per heavy atom. The number of para-hydroxylation sites is 1. The lowest BCUT2D eigenvalue weighted by atomic mass is 10.1. The highest BCUT2D eigenvalue weighted by Gasteiger charge is 2.19. The van der Waals surface area contributed by atoms with E-state index in [-0.39, 0.29) is 12.5 Å². The second kappa shape index (κ2) is 8.15. The Morgan fingerprint density at radius 1 is 1.00 bits per heavy atom. The number of aryl methyl sites for hydroxylation is 1. The van der Waals surface area contributed by atoms with E-state index in [1.807, 2.05) is 61.5 Å². The Kier molecular flexibility index (Phi) is 5.95. The number of hydrogen-bond acceptors (Lipinski definition) is 2. The Morgan fingerprint density at radius 2 is 1.67 bits per heavy atom. The number of amides is 2. The van der Waals surface area contributed by atoms with Crippen LogP contribution >= 0.6 is 0 Å². The molecule has 0 heterocycles. The molecule has 0 aromatic heterocycles. The van der Waals surface area contributed by atoms with Gasteiger partial charge in [-0.05, 0) is 43.2 Å². The summed E-state index contributed by atoms with van der Waals surface area (Å²) in [5, 5.41) is 8.80. The fraction of sp³-hybridized carbons (Fsp3) is 0.263. The summed E-state index contributed by atoms with van der Waals surface area (Å²) >= 11 is 0. The van der Waals surface area contributed by atoms with E-state index in [9.17, 15) is 9.59 Å². The van der Waals surface area contributed by atoms with E-state index in [0.717, 1.165) is 16.9 Å². The van der Waals surface area contributed by atoms with Crippen molar-refractivity contribution in [1.82, 2.24) is 0 Å². The predicted octanol–water partition coefficient (Wildman–Crippen LogP) is 3.79. The van der Waals surface area contributed by atoms with Crippen molar-refractivity contribution in [3.8, 4) is 0 Å². The van der Waals surface area contributed by atoms with Gasteiger partial charge in [-0.3, -0.25) is 14.6 Å². The lowest BCUT2D eigenvalue weighted by Gasteiger charge is -2.27. The zero-order chi connectivity index (χ0) is 17.5. The molecule has 2 aromatic carbocycles. The van der Waals surface area contributed by atoms with E-state index in [2.05, 4.69) is 0 Å². The Labute approximate surface area is 142 Å². The number of carbonyl (C=O) groups excluding carboxylic acids is 1. The second-order valence-electron chi connectivity index (χ2n) is 5.49. The number of carboxylic acids is 1. The number of aliphatic carboxylic acids is 1. The molecule has 0 unspecified atom stereocenters. The minimum atomic E-state index is -0.828. The average molecular weight is 326 g/mol. The van der Waals surface area contributed by atoms with E-state index in [1.165, 1.54) is 0 Å². The van der Waals surface area contributed by atoms with Crippen molar-refractivity contribution in [3.05, 3.63) is 60.2 Å². The van der Waals surface area contributed by atoms with Crippen molar-refractivity contribution in [2.45, 2.75) is 19.8 Å². The van der Waals surface area contributed by atoms with Crippen molar-refractivity contribution in [2.24, 2.45) is 0 Å². The van der Waals surface area contributed by atoms with E-state index in [4.69, 9.17) is 5.11 Å². The lowest BCUT2D eigenvalue weighted by Crippen LogP contribution is -2.41. The molecule has 0 atom stereocenters. The van der Waals surface area contributed by atoms with Crippen LogP contribution in [0.25, 0.3) is 0 Å². The zero-order valence-electron chi connectivity index (χ0n) is 14.0. The fourth-order valence-corrected chi connectivity index (χ4v) is 2.50. The third-order valence-electron chi connectivity index (χ3n) is 3.83. The molecule has 1 N–H and O–H groups in total. The van der Waals surface area contributed by atoms with E-state index in [0.29, 0.717) is 13.0 Å². The maximum Gasteiger partial charge on any atom is 0.328 e. The van der Waals surface area contributed by atoms with Crippen molar-refractivity contribution >= 4 is 23.4 Å². The van der Waals surface area contributed by atoms with E-state index >= 15 is 0 Å². The Balaban J connectivity index is 2.17. The summed E-state index contributed by atoms with van der Waals surface area (Å²) in [6.07, 6.45) is 0.521. The van der Waals surface area contributed by atoms with Crippen LogP contribution in [-0.2, 0) is 11.2 Å². The van der Waals surface area contributed by atoms with Crippen LogP contribution in [0.5, 0.6) is 0 Å². The van der Waals surface area contributed by atoms with Crippen LogP contribution in [-0.4, -0.2) is 30.7 Å². The molecule has 2 aromatic rings. The van der Waals surface area contributed by atoms with Crippen LogP contribution in [0, 0.1) is 0 Å². The highest BCUT2D eigenvalue weighted by Crippen LogP contribution is 2.20. The number of benzene rings is 2. The molecular formula is C19H22N2O3. The van der Waals surface area contributed by atoms with Crippen LogP contribution in [0.3, 0.4) is 0 Å². The molecule has 0 saturated heterocycles. The standard InChI is InChI=1S/C19H22N2O3/c1-3-21(16-9-5-4-6-10-16)19(24)20(2)17-11-7-8-15(14-17)12-13-18(22)23/h4-11,14H,3,12-13H2,1-2H3,(H,22,23). The molecule has 0 radical (unpaired) electrons. The summed E-state index contributed by atoms with van der Waals surface area (Å²) in [6, 6.07) is 16.8. The van der Waals surface area contributed by atoms with Gasteiger partial charge in [0.15, 0.2) is 0 Å². The van der Waals surface area contributed by atoms with E-state index < -0.39 is 5.97 Å². The highest BCUT2D eigenvalue weighted by molar-refractivity contribution is 6.03. The maximum absolute atomic E-state index is 12.8. The lowest BCUT2D eigenvalue weighted by molar-refractivity contribution is -0.136. The number of urea groups is 1. The molecule has 5 nitrogen and oxygen atoms in total. The molecule has 126 valence electrons. The molecule has 0 spiro atoms. The van der Waals surface area contributed by atoms with Crippen LogP contribution in [0.4, 0.5) is 16.2 Å². The minimum absolute atomic E-state index is 0.0756. The molecule has 5 heteroatoms. The average Bonchev–Trinajstić information content (AvgIpc) is 2.61. The van der Waals surface area contributed by atoms with Crippen LogP contribution < -0.4 is 9.80 Å². The van der Waals surface area contributed by atoms with Crippen molar-refractivity contribution < 1.29 is 14.7 Å². The fourth-order valence-electron chi connectivity index (χ4n) is 2.50. The largest absolute Gasteiger partial charge is 0.481 e. The Bertz CT molecular complexity index is 701. The van der Waals surface area contributed by atoms with Gasteiger partial charge in [0.2, 0.25) is 0 Å². The van der Waals surface area contributed by atoms with Crippen LogP contribution in [0.1, 0.15) is 18.9 Å². The molecule has 0 aliphatic rings. The van der Waals surface area contributed by atoms with Crippen molar-refractivity contribution in [2.75, 3.05) is 23.4 Å². The van der Waals surface area contributed by atoms with Gasteiger partial charge in [-0.1, -0.05) is 30.3 Å². The van der Waals surface area contributed by atoms with Crippen LogP contribution in [0.2, 0.25) is 0 Å².